The van der Waals surface area contributed by atoms with Crippen LogP contribution in [0.3, 0.4) is 0 Å². The Morgan fingerprint density at radius 2 is 2.04 bits per heavy atom. The maximum absolute atomic E-state index is 10.9. The second-order valence-corrected chi connectivity index (χ2v) is 7.19. The second kappa shape index (κ2) is 6.09. The number of thiazole rings is 1. The Kier molecular flexibility index (Phi) is 3.57. The maximum atomic E-state index is 10.9. The number of benzene rings is 1. The van der Waals surface area contributed by atoms with Crippen LogP contribution in [0.4, 0.5) is 11.6 Å². The lowest BCUT2D eigenvalue weighted by Crippen LogP contribution is -2.37. The summed E-state index contributed by atoms with van der Waals surface area (Å²) in [5.41, 5.74) is 2.76. The molecule has 0 amide bonds. The van der Waals surface area contributed by atoms with Gasteiger partial charge in [-0.25, -0.2) is 19.9 Å². The maximum Gasteiger partial charge on any atom is 0.305 e. The van der Waals surface area contributed by atoms with E-state index in [-0.39, 0.29) is 11.7 Å². The molecule has 3 aromatic heterocycles. The molecule has 1 aliphatic rings. The lowest BCUT2D eigenvalue weighted by Gasteiger charge is -2.33. The van der Waals surface area contributed by atoms with E-state index < -0.39 is 4.92 Å². The molecule has 0 fully saturated rings. The summed E-state index contributed by atoms with van der Waals surface area (Å²) >= 11 is 1.61. The van der Waals surface area contributed by atoms with Gasteiger partial charge >= 0.3 is 5.69 Å². The van der Waals surface area contributed by atoms with E-state index in [1.54, 1.807) is 17.7 Å². The Labute approximate surface area is 156 Å². The van der Waals surface area contributed by atoms with E-state index in [0.717, 1.165) is 33.0 Å². The third-order valence-electron chi connectivity index (χ3n) is 4.56. The van der Waals surface area contributed by atoms with E-state index in [1.807, 2.05) is 29.2 Å². The van der Waals surface area contributed by atoms with E-state index in [4.69, 9.17) is 4.98 Å². The number of aromatic nitrogens is 5. The highest BCUT2D eigenvalue weighted by atomic mass is 32.1. The quantitative estimate of drug-likeness (QED) is 0.430. The SMILES string of the molecule is O=[N+]([O-])c1cnc(N2CCc3[nH]cnc3C2c2nc3ccccc3s2)nc1. The van der Waals surface area contributed by atoms with E-state index >= 15 is 0 Å². The number of para-hydroxylation sites is 1. The fraction of sp³-hybridized carbons (Fsp3) is 0.176. The third kappa shape index (κ3) is 2.61. The fourth-order valence-electron chi connectivity index (χ4n) is 3.31. The molecule has 4 heterocycles. The first-order chi connectivity index (χ1) is 13.2. The predicted octanol–water partition coefficient (Wildman–Crippen LogP) is 2.87. The molecule has 1 unspecified atom stereocenters. The van der Waals surface area contributed by atoms with Crippen molar-refractivity contribution in [2.75, 3.05) is 11.4 Å². The first kappa shape index (κ1) is 15.8. The van der Waals surface area contributed by atoms with Gasteiger partial charge < -0.3 is 9.88 Å². The lowest BCUT2D eigenvalue weighted by molar-refractivity contribution is -0.385. The second-order valence-electron chi connectivity index (χ2n) is 6.13. The molecule has 1 aliphatic heterocycles. The van der Waals surface area contributed by atoms with Crippen LogP contribution in [0.1, 0.15) is 22.4 Å². The molecule has 10 heteroatoms. The molecular weight excluding hydrogens is 366 g/mol. The van der Waals surface area contributed by atoms with Crippen molar-refractivity contribution in [3.8, 4) is 0 Å². The van der Waals surface area contributed by atoms with Crippen molar-refractivity contribution < 1.29 is 4.92 Å². The molecule has 4 aromatic rings. The van der Waals surface area contributed by atoms with Crippen molar-refractivity contribution in [1.29, 1.82) is 0 Å². The Morgan fingerprint density at radius 3 is 2.81 bits per heavy atom. The summed E-state index contributed by atoms with van der Waals surface area (Å²) in [4.78, 5) is 33.3. The molecule has 0 bridgehead atoms. The van der Waals surface area contributed by atoms with Crippen LogP contribution in [-0.2, 0) is 6.42 Å². The first-order valence-corrected chi connectivity index (χ1v) is 9.13. The van der Waals surface area contributed by atoms with Crippen molar-refractivity contribution in [2.45, 2.75) is 12.5 Å². The summed E-state index contributed by atoms with van der Waals surface area (Å²) in [5.74, 6) is 0.429. The van der Waals surface area contributed by atoms with Gasteiger partial charge in [-0.05, 0) is 12.1 Å². The number of H-pyrrole nitrogens is 1. The van der Waals surface area contributed by atoms with Crippen LogP contribution in [0.2, 0.25) is 0 Å². The van der Waals surface area contributed by atoms with Gasteiger partial charge in [-0.2, -0.15) is 0 Å². The number of hydrogen-bond acceptors (Lipinski definition) is 8. The third-order valence-corrected chi connectivity index (χ3v) is 5.65. The monoisotopic (exact) mass is 379 g/mol. The zero-order valence-corrected chi connectivity index (χ0v) is 14.8. The average molecular weight is 379 g/mol. The highest BCUT2D eigenvalue weighted by Gasteiger charge is 2.35. The van der Waals surface area contributed by atoms with Crippen LogP contribution in [0.25, 0.3) is 10.2 Å². The number of fused-ring (bicyclic) bond motifs is 2. The van der Waals surface area contributed by atoms with E-state index in [1.165, 1.54) is 12.4 Å². The standard InChI is InChI=1S/C17H13N7O2S/c25-24(26)10-7-18-17(19-8-10)23-6-5-12-14(21-9-20-12)15(23)16-22-11-3-1-2-4-13(11)27-16/h1-4,7-9,15H,5-6H2,(H,20,21). The minimum Gasteiger partial charge on any atom is -0.348 e. The normalized spacial score (nSPS) is 16.4. The molecule has 1 aromatic carbocycles. The molecule has 0 spiro atoms. The molecule has 0 radical (unpaired) electrons. The van der Waals surface area contributed by atoms with Crippen molar-refractivity contribution in [3.63, 3.8) is 0 Å². The Morgan fingerprint density at radius 1 is 1.22 bits per heavy atom. The summed E-state index contributed by atoms with van der Waals surface area (Å²) in [6.07, 6.45) is 4.91. The van der Waals surface area contributed by atoms with Crippen molar-refractivity contribution >= 4 is 33.2 Å². The molecule has 1 atom stereocenters. The van der Waals surface area contributed by atoms with Gasteiger partial charge in [0, 0.05) is 18.7 Å². The topological polar surface area (TPSA) is 114 Å². The number of nitrogens with one attached hydrogen (secondary N) is 1. The molecule has 27 heavy (non-hydrogen) atoms. The number of anilines is 1. The fourth-order valence-corrected chi connectivity index (χ4v) is 4.39. The molecule has 9 nitrogen and oxygen atoms in total. The van der Waals surface area contributed by atoms with E-state index in [2.05, 4.69) is 19.9 Å². The lowest BCUT2D eigenvalue weighted by atomic mass is 10.0. The van der Waals surface area contributed by atoms with Gasteiger partial charge in [0.1, 0.15) is 23.4 Å². The van der Waals surface area contributed by atoms with Gasteiger partial charge in [0.25, 0.3) is 0 Å². The zero-order valence-electron chi connectivity index (χ0n) is 13.9. The number of nitrogens with zero attached hydrogens (tertiary/aromatic N) is 6. The number of aromatic amines is 1. The Balaban J connectivity index is 1.62. The molecule has 0 aliphatic carbocycles. The van der Waals surface area contributed by atoms with Gasteiger partial charge in [0.2, 0.25) is 5.95 Å². The molecule has 0 saturated carbocycles. The van der Waals surface area contributed by atoms with Crippen LogP contribution in [0, 0.1) is 10.1 Å². The van der Waals surface area contributed by atoms with Crippen LogP contribution < -0.4 is 4.90 Å². The van der Waals surface area contributed by atoms with Crippen molar-refractivity contribution in [1.82, 2.24) is 24.9 Å². The van der Waals surface area contributed by atoms with Crippen LogP contribution in [0.5, 0.6) is 0 Å². The highest BCUT2D eigenvalue weighted by molar-refractivity contribution is 7.18. The molecule has 0 saturated heterocycles. The average Bonchev–Trinajstić information content (AvgIpc) is 3.33. The van der Waals surface area contributed by atoms with Crippen LogP contribution in [-0.4, -0.2) is 36.4 Å². The minimum absolute atomic E-state index is 0.132. The summed E-state index contributed by atoms with van der Waals surface area (Å²) in [7, 11) is 0. The number of imidazole rings is 1. The minimum atomic E-state index is -0.503. The van der Waals surface area contributed by atoms with Crippen LogP contribution >= 0.6 is 11.3 Å². The van der Waals surface area contributed by atoms with Crippen LogP contribution in [0.15, 0.2) is 43.0 Å². The number of hydrogen-bond donors (Lipinski definition) is 1. The van der Waals surface area contributed by atoms with Gasteiger partial charge in [0.15, 0.2) is 0 Å². The largest absolute Gasteiger partial charge is 0.348 e. The first-order valence-electron chi connectivity index (χ1n) is 8.31. The highest BCUT2D eigenvalue weighted by Crippen LogP contribution is 2.38. The van der Waals surface area contributed by atoms with E-state index in [0.29, 0.717) is 12.5 Å². The number of rotatable bonds is 3. The molecule has 5 rings (SSSR count). The molecule has 1 N–H and O–H groups in total. The number of nitro groups is 1. The smallest absolute Gasteiger partial charge is 0.305 e. The van der Waals surface area contributed by atoms with E-state index in [9.17, 15) is 10.1 Å². The van der Waals surface area contributed by atoms with Gasteiger partial charge in [-0.1, -0.05) is 12.1 Å². The van der Waals surface area contributed by atoms with Crippen molar-refractivity contribution in [3.05, 3.63) is 69.5 Å². The summed E-state index contributed by atoms with van der Waals surface area (Å²) in [6.45, 7) is 0.660. The predicted molar refractivity (Wildman–Crippen MR) is 99.8 cm³/mol. The van der Waals surface area contributed by atoms with Gasteiger partial charge in [-0.15, -0.1) is 11.3 Å². The van der Waals surface area contributed by atoms with Gasteiger partial charge in [0.05, 0.1) is 27.2 Å². The Bertz CT molecular complexity index is 1100. The summed E-state index contributed by atoms with van der Waals surface area (Å²) in [5, 5.41) is 11.8. The van der Waals surface area contributed by atoms with Crippen molar-refractivity contribution in [2.24, 2.45) is 0 Å². The summed E-state index contributed by atoms with van der Waals surface area (Å²) in [6, 6.07) is 7.74. The Hall–Kier alpha value is -3.40. The molecular formula is C17H13N7O2S. The van der Waals surface area contributed by atoms with Gasteiger partial charge in [-0.3, -0.25) is 10.1 Å². The zero-order chi connectivity index (χ0) is 18.4. The summed E-state index contributed by atoms with van der Waals surface area (Å²) < 4.78 is 1.10. The molecule has 134 valence electrons.